The third-order valence-corrected chi connectivity index (χ3v) is 7.02. The maximum absolute atomic E-state index is 13.7. The first-order valence-electron chi connectivity index (χ1n) is 10.3. The van der Waals surface area contributed by atoms with Crippen LogP contribution in [0.15, 0.2) is 66.7 Å². The van der Waals surface area contributed by atoms with Crippen molar-refractivity contribution in [1.29, 1.82) is 0 Å². The Kier molecular flexibility index (Phi) is 3.55. The number of imide groups is 1. The second-order valence-corrected chi connectivity index (χ2v) is 8.53. The van der Waals surface area contributed by atoms with E-state index in [1.54, 1.807) is 13.0 Å². The van der Waals surface area contributed by atoms with Crippen molar-refractivity contribution in [3.05, 3.63) is 105 Å². The molecule has 1 heterocycles. The minimum absolute atomic E-state index is 0.0625. The van der Waals surface area contributed by atoms with Crippen molar-refractivity contribution in [3.8, 4) is 0 Å². The monoisotopic (exact) mass is 410 g/mol. The van der Waals surface area contributed by atoms with E-state index in [0.29, 0.717) is 5.56 Å². The van der Waals surface area contributed by atoms with Gasteiger partial charge in [-0.1, -0.05) is 54.6 Å². The molecule has 0 spiro atoms. The van der Waals surface area contributed by atoms with E-state index in [2.05, 4.69) is 0 Å². The molecule has 0 N–H and O–H groups in total. The third-order valence-electron chi connectivity index (χ3n) is 7.02. The number of benzene rings is 3. The first kappa shape index (κ1) is 18.0. The molecule has 0 unspecified atom stereocenters. The molecule has 152 valence electrons. The topological polar surface area (TPSA) is 80.5 Å². The smallest absolute Gasteiger partial charge is 0.274 e. The Labute approximate surface area is 178 Å². The Hall–Kier alpha value is -3.80. The summed E-state index contributed by atoms with van der Waals surface area (Å²) in [6, 6.07) is 20.6. The van der Waals surface area contributed by atoms with Crippen LogP contribution in [-0.4, -0.2) is 16.7 Å². The molecule has 1 fully saturated rings. The van der Waals surface area contributed by atoms with Crippen molar-refractivity contribution in [2.24, 2.45) is 11.8 Å². The van der Waals surface area contributed by atoms with Crippen LogP contribution in [0.1, 0.15) is 39.7 Å². The number of nitro benzene ring substituents is 1. The Balaban J connectivity index is 1.57. The van der Waals surface area contributed by atoms with Gasteiger partial charge in [0, 0.05) is 17.9 Å². The summed E-state index contributed by atoms with van der Waals surface area (Å²) in [5.41, 5.74) is 4.85. The molecule has 0 saturated carbocycles. The fourth-order valence-electron chi connectivity index (χ4n) is 5.88. The maximum Gasteiger partial charge on any atom is 0.293 e. The number of amides is 2. The third kappa shape index (κ3) is 2.22. The Bertz CT molecular complexity index is 1200. The highest BCUT2D eigenvalue weighted by atomic mass is 16.6. The Morgan fingerprint density at radius 3 is 1.65 bits per heavy atom. The number of carbonyl (C=O) groups excluding carboxylic acids is 2. The van der Waals surface area contributed by atoms with E-state index >= 15 is 0 Å². The van der Waals surface area contributed by atoms with Crippen molar-refractivity contribution in [3.63, 3.8) is 0 Å². The van der Waals surface area contributed by atoms with Crippen molar-refractivity contribution >= 4 is 23.2 Å². The fourth-order valence-corrected chi connectivity index (χ4v) is 5.88. The molecule has 3 aromatic carbocycles. The zero-order chi connectivity index (χ0) is 21.4. The van der Waals surface area contributed by atoms with Crippen LogP contribution >= 0.6 is 0 Å². The van der Waals surface area contributed by atoms with Crippen molar-refractivity contribution in [2.75, 3.05) is 4.90 Å². The van der Waals surface area contributed by atoms with Gasteiger partial charge in [0.15, 0.2) is 0 Å². The SMILES string of the molecule is Cc1ccc(N2C(=O)[C@H]3C4c5ccccc5C(c5ccccc54)[C@@H]3C2=O)c([N+](=O)[O-])c1. The molecule has 2 bridgehead atoms. The van der Waals surface area contributed by atoms with Gasteiger partial charge in [0.2, 0.25) is 11.8 Å². The molecule has 6 nitrogen and oxygen atoms in total. The minimum atomic E-state index is -0.553. The van der Waals surface area contributed by atoms with Gasteiger partial charge in [-0.2, -0.15) is 0 Å². The molecular formula is C25H18N2O4. The predicted molar refractivity (Wildman–Crippen MR) is 114 cm³/mol. The number of nitrogens with zero attached hydrogens (tertiary/aromatic N) is 2. The van der Waals surface area contributed by atoms with Crippen LogP contribution in [0.5, 0.6) is 0 Å². The summed E-state index contributed by atoms with van der Waals surface area (Å²) in [4.78, 5) is 39.7. The van der Waals surface area contributed by atoms with E-state index in [0.717, 1.165) is 27.2 Å². The first-order chi connectivity index (χ1) is 15.0. The Morgan fingerprint density at radius 1 is 0.774 bits per heavy atom. The summed E-state index contributed by atoms with van der Waals surface area (Å²) in [7, 11) is 0. The first-order valence-corrected chi connectivity index (χ1v) is 10.3. The molecule has 6 heteroatoms. The lowest BCUT2D eigenvalue weighted by Crippen LogP contribution is -2.41. The zero-order valence-corrected chi connectivity index (χ0v) is 16.7. The maximum atomic E-state index is 13.7. The molecule has 3 aliphatic carbocycles. The fraction of sp³-hybridized carbons (Fsp3) is 0.200. The number of aryl methyl sites for hydroxylation is 1. The predicted octanol–water partition coefficient (Wildman–Crippen LogP) is 4.30. The largest absolute Gasteiger partial charge is 0.293 e. The molecular weight excluding hydrogens is 392 g/mol. The summed E-state index contributed by atoms with van der Waals surface area (Å²) >= 11 is 0. The Morgan fingerprint density at radius 2 is 1.23 bits per heavy atom. The normalized spacial score (nSPS) is 25.3. The summed E-state index contributed by atoms with van der Waals surface area (Å²) in [6.45, 7) is 1.75. The lowest BCUT2D eigenvalue weighted by atomic mass is 9.55. The van der Waals surface area contributed by atoms with E-state index < -0.39 is 16.8 Å². The van der Waals surface area contributed by atoms with Crippen LogP contribution in [0.25, 0.3) is 0 Å². The van der Waals surface area contributed by atoms with Gasteiger partial charge < -0.3 is 0 Å². The lowest BCUT2D eigenvalue weighted by molar-refractivity contribution is -0.384. The summed E-state index contributed by atoms with van der Waals surface area (Å²) < 4.78 is 0. The van der Waals surface area contributed by atoms with Crippen molar-refractivity contribution in [1.82, 2.24) is 0 Å². The quantitative estimate of drug-likeness (QED) is 0.358. The molecule has 1 aliphatic heterocycles. The van der Waals surface area contributed by atoms with Crippen LogP contribution in [0.3, 0.4) is 0 Å². The summed E-state index contributed by atoms with van der Waals surface area (Å²) in [5.74, 6) is -2.25. The van der Waals surface area contributed by atoms with Crippen LogP contribution in [-0.2, 0) is 9.59 Å². The van der Waals surface area contributed by atoms with Gasteiger partial charge in [-0.25, -0.2) is 4.90 Å². The molecule has 7 rings (SSSR count). The van der Waals surface area contributed by atoms with Crippen molar-refractivity contribution in [2.45, 2.75) is 18.8 Å². The minimum Gasteiger partial charge on any atom is -0.274 e. The van der Waals surface area contributed by atoms with Gasteiger partial charge in [0.25, 0.3) is 5.69 Å². The zero-order valence-electron chi connectivity index (χ0n) is 16.7. The van der Waals surface area contributed by atoms with Gasteiger partial charge in [0.05, 0.1) is 16.8 Å². The van der Waals surface area contributed by atoms with Crippen LogP contribution in [0.4, 0.5) is 11.4 Å². The lowest BCUT2D eigenvalue weighted by Gasteiger charge is -2.45. The second kappa shape index (κ2) is 6.11. The van der Waals surface area contributed by atoms with Gasteiger partial charge >= 0.3 is 0 Å². The number of nitro groups is 1. The number of hydrogen-bond donors (Lipinski definition) is 0. The number of anilines is 1. The van der Waals surface area contributed by atoms with E-state index in [-0.39, 0.29) is 35.0 Å². The summed E-state index contributed by atoms with van der Waals surface area (Å²) in [5, 5.41) is 11.7. The second-order valence-electron chi connectivity index (χ2n) is 8.53. The standard InChI is InChI=1S/C25H18N2O4/c1-13-10-11-18(19(12-13)27(30)31)26-24(28)22-20-14-6-2-3-7-15(14)21(23(22)25(26)29)17-9-5-4-8-16(17)20/h2-12,20-23H,1H3/t20?,21?,22-,23-/m0/s1. The van der Waals surface area contributed by atoms with Gasteiger partial charge in [-0.15, -0.1) is 0 Å². The van der Waals surface area contributed by atoms with Gasteiger partial charge in [0.1, 0.15) is 5.69 Å². The van der Waals surface area contributed by atoms with E-state index in [1.165, 1.54) is 12.1 Å². The highest BCUT2D eigenvalue weighted by Gasteiger charge is 2.62. The number of carbonyl (C=O) groups is 2. The highest BCUT2D eigenvalue weighted by Crippen LogP contribution is 2.61. The van der Waals surface area contributed by atoms with Gasteiger partial charge in [-0.3, -0.25) is 19.7 Å². The molecule has 0 radical (unpaired) electrons. The molecule has 1 saturated heterocycles. The molecule has 0 aromatic heterocycles. The number of hydrogen-bond acceptors (Lipinski definition) is 4. The van der Waals surface area contributed by atoms with E-state index in [1.807, 2.05) is 48.5 Å². The summed E-state index contributed by atoms with van der Waals surface area (Å²) in [6.07, 6.45) is 0. The average molecular weight is 410 g/mol. The molecule has 2 atom stereocenters. The number of rotatable bonds is 2. The van der Waals surface area contributed by atoms with Crippen molar-refractivity contribution < 1.29 is 14.5 Å². The van der Waals surface area contributed by atoms with E-state index in [4.69, 9.17) is 0 Å². The average Bonchev–Trinajstić information content (AvgIpc) is 3.04. The highest BCUT2D eigenvalue weighted by molar-refractivity contribution is 6.24. The molecule has 4 aliphatic rings. The van der Waals surface area contributed by atoms with Crippen LogP contribution < -0.4 is 4.90 Å². The van der Waals surface area contributed by atoms with E-state index in [9.17, 15) is 19.7 Å². The van der Waals surface area contributed by atoms with Gasteiger partial charge in [-0.05, 0) is 40.8 Å². The van der Waals surface area contributed by atoms with Crippen LogP contribution in [0, 0.1) is 28.9 Å². The van der Waals surface area contributed by atoms with Crippen LogP contribution in [0.2, 0.25) is 0 Å². The molecule has 2 amide bonds. The molecule has 3 aromatic rings. The molecule has 31 heavy (non-hydrogen) atoms.